The molecule has 0 aliphatic carbocycles. The van der Waals surface area contributed by atoms with Crippen LogP contribution in [-0.4, -0.2) is 6.71 Å². The van der Waals surface area contributed by atoms with Crippen LogP contribution in [0.25, 0.3) is 33.0 Å². The van der Waals surface area contributed by atoms with E-state index < -0.39 is 0 Å². The molecular weight excluding hydrogens is 505 g/mol. The summed E-state index contributed by atoms with van der Waals surface area (Å²) >= 11 is 0. The third-order valence-electron chi connectivity index (χ3n) is 8.51. The molecule has 0 amide bonds. The number of benzene rings is 7. The minimum absolute atomic E-state index is 0.0346. The maximum Gasteiger partial charge on any atom is 0.248 e. The van der Waals surface area contributed by atoms with E-state index in [2.05, 4.69) is 175 Å². The highest BCUT2D eigenvalue weighted by atomic mass is 15.1. The van der Waals surface area contributed by atoms with Gasteiger partial charge in [0.15, 0.2) is 0 Å². The van der Waals surface area contributed by atoms with Crippen LogP contribution in [0.5, 0.6) is 0 Å². The predicted molar refractivity (Wildman–Crippen MR) is 181 cm³/mol. The molecule has 0 aromatic heterocycles. The van der Waals surface area contributed by atoms with E-state index in [-0.39, 0.29) is 6.71 Å². The molecule has 196 valence electrons. The van der Waals surface area contributed by atoms with E-state index in [1.807, 2.05) is 0 Å². The summed E-state index contributed by atoms with van der Waals surface area (Å²) in [5.41, 5.74) is 12.6. The lowest BCUT2D eigenvalue weighted by atomic mass is 9.33. The molecule has 1 aliphatic rings. The number of fused-ring (bicyclic) bond motifs is 3. The van der Waals surface area contributed by atoms with Crippen molar-refractivity contribution in [3.63, 3.8) is 0 Å². The molecule has 1 aliphatic heterocycles. The van der Waals surface area contributed by atoms with Crippen molar-refractivity contribution in [1.82, 2.24) is 0 Å². The van der Waals surface area contributed by atoms with Gasteiger partial charge in [0, 0.05) is 17.1 Å². The number of rotatable bonds is 4. The van der Waals surface area contributed by atoms with Crippen LogP contribution in [0.2, 0.25) is 0 Å². The van der Waals surface area contributed by atoms with E-state index in [1.165, 1.54) is 66.5 Å². The van der Waals surface area contributed by atoms with Gasteiger partial charge in [-0.1, -0.05) is 151 Å². The first-order valence-electron chi connectivity index (χ1n) is 14.6. The Labute approximate surface area is 247 Å². The van der Waals surface area contributed by atoms with Crippen LogP contribution in [-0.2, 0) is 0 Å². The van der Waals surface area contributed by atoms with Crippen molar-refractivity contribution < 1.29 is 0 Å². The van der Waals surface area contributed by atoms with E-state index in [0.717, 1.165) is 0 Å². The molecule has 0 radical (unpaired) electrons. The van der Waals surface area contributed by atoms with Gasteiger partial charge in [0.25, 0.3) is 0 Å². The molecule has 1 nitrogen and oxygen atoms in total. The Kier molecular flexibility index (Phi) is 5.97. The Morgan fingerprint density at radius 1 is 0.381 bits per heavy atom. The Balaban J connectivity index is 1.50. The molecule has 0 unspecified atom stereocenters. The number of hydrogen-bond donors (Lipinski definition) is 0. The van der Waals surface area contributed by atoms with Crippen LogP contribution in [0.4, 0.5) is 17.1 Å². The Morgan fingerprint density at radius 3 is 1.55 bits per heavy atom. The minimum Gasteiger partial charge on any atom is -0.312 e. The van der Waals surface area contributed by atoms with E-state index in [0.29, 0.717) is 0 Å². The van der Waals surface area contributed by atoms with E-state index in [9.17, 15) is 0 Å². The number of nitrogens with zero attached hydrogens (tertiary/aromatic N) is 1. The zero-order chi connectivity index (χ0) is 27.9. The molecule has 42 heavy (non-hydrogen) atoms. The van der Waals surface area contributed by atoms with Gasteiger partial charge >= 0.3 is 0 Å². The van der Waals surface area contributed by atoms with E-state index >= 15 is 0 Å². The maximum atomic E-state index is 2.45. The van der Waals surface area contributed by atoms with Crippen molar-refractivity contribution in [3.8, 4) is 22.3 Å². The Hall–Kier alpha value is -5.34. The van der Waals surface area contributed by atoms with Crippen LogP contribution in [0.3, 0.4) is 0 Å². The lowest BCUT2D eigenvalue weighted by Crippen LogP contribution is -2.58. The van der Waals surface area contributed by atoms with Crippen molar-refractivity contribution in [1.29, 1.82) is 0 Å². The second-order valence-corrected chi connectivity index (χ2v) is 10.9. The highest BCUT2D eigenvalue weighted by molar-refractivity contribution is 6.99. The molecule has 2 heteroatoms. The zero-order valence-corrected chi connectivity index (χ0v) is 23.2. The second-order valence-electron chi connectivity index (χ2n) is 10.9. The summed E-state index contributed by atoms with van der Waals surface area (Å²) in [6.45, 7) is 0.0346. The summed E-state index contributed by atoms with van der Waals surface area (Å²) < 4.78 is 0. The molecule has 0 bridgehead atoms. The van der Waals surface area contributed by atoms with Crippen LogP contribution >= 0.6 is 0 Å². The highest BCUT2D eigenvalue weighted by Gasteiger charge is 2.38. The van der Waals surface area contributed by atoms with Gasteiger partial charge in [0.05, 0.1) is 0 Å². The summed E-state index contributed by atoms with van der Waals surface area (Å²) in [5.74, 6) is 0. The van der Waals surface area contributed by atoms with E-state index in [1.54, 1.807) is 0 Å². The maximum absolute atomic E-state index is 2.45. The second kappa shape index (κ2) is 10.2. The molecule has 0 spiro atoms. The predicted octanol–water partition coefficient (Wildman–Crippen LogP) is 8.47. The molecule has 0 atom stereocenters. The summed E-state index contributed by atoms with van der Waals surface area (Å²) in [4.78, 5) is 2.45. The van der Waals surface area contributed by atoms with Gasteiger partial charge in [-0.2, -0.15) is 0 Å². The Morgan fingerprint density at radius 2 is 0.905 bits per heavy atom. The standard InChI is InChI=1S/C40H28BN/c1-4-15-29(16-5-1)34-23-14-24-35(30-17-6-2-7-18-30)40(34)41-36-25-12-13-26-38(36)42(33-21-8-3-9-22-33)39-28-32-20-11-10-19-31(32)27-37(39)41/h1-28H. The first-order valence-corrected chi connectivity index (χ1v) is 14.6. The van der Waals surface area contributed by atoms with Crippen LogP contribution < -0.4 is 21.3 Å². The van der Waals surface area contributed by atoms with Gasteiger partial charge in [0.2, 0.25) is 6.71 Å². The molecule has 7 aromatic rings. The smallest absolute Gasteiger partial charge is 0.248 e. The van der Waals surface area contributed by atoms with Gasteiger partial charge in [0.1, 0.15) is 0 Å². The van der Waals surface area contributed by atoms with Gasteiger partial charge < -0.3 is 4.90 Å². The van der Waals surface area contributed by atoms with Crippen LogP contribution in [0.1, 0.15) is 0 Å². The minimum atomic E-state index is 0.0346. The summed E-state index contributed by atoms with van der Waals surface area (Å²) in [7, 11) is 0. The molecule has 0 fully saturated rings. The first kappa shape index (κ1) is 24.5. The number of para-hydroxylation sites is 2. The highest BCUT2D eigenvalue weighted by Crippen LogP contribution is 2.38. The third kappa shape index (κ3) is 4.04. The van der Waals surface area contributed by atoms with Crippen molar-refractivity contribution >= 4 is 50.9 Å². The fraction of sp³-hybridized carbons (Fsp3) is 0. The van der Waals surface area contributed by atoms with Gasteiger partial charge in [-0.15, -0.1) is 0 Å². The monoisotopic (exact) mass is 533 g/mol. The lowest BCUT2D eigenvalue weighted by molar-refractivity contribution is 1.30. The quantitative estimate of drug-likeness (QED) is 0.205. The first-order chi connectivity index (χ1) is 20.9. The van der Waals surface area contributed by atoms with Gasteiger partial charge in [-0.25, -0.2) is 0 Å². The zero-order valence-electron chi connectivity index (χ0n) is 23.2. The topological polar surface area (TPSA) is 3.24 Å². The largest absolute Gasteiger partial charge is 0.312 e. The SMILES string of the molecule is c1ccc(-c2cccc(-c3ccccc3)c2B2c3ccccc3N(c3ccccc3)c3cc4ccccc4cc32)cc1. The number of anilines is 3. The molecule has 1 heterocycles. The van der Waals surface area contributed by atoms with Crippen LogP contribution in [0, 0.1) is 0 Å². The normalized spacial score (nSPS) is 12.2. The van der Waals surface area contributed by atoms with Crippen molar-refractivity contribution in [3.05, 3.63) is 170 Å². The Bertz CT molecular complexity index is 1980. The van der Waals surface area contributed by atoms with Crippen molar-refractivity contribution in [2.75, 3.05) is 4.90 Å². The average Bonchev–Trinajstić information content (AvgIpc) is 3.07. The van der Waals surface area contributed by atoms with Gasteiger partial charge in [-0.3, -0.25) is 0 Å². The summed E-state index contributed by atoms with van der Waals surface area (Å²) in [6, 6.07) is 61.8. The lowest BCUT2D eigenvalue weighted by Gasteiger charge is -2.38. The number of hydrogen-bond acceptors (Lipinski definition) is 1. The molecule has 0 N–H and O–H groups in total. The summed E-state index contributed by atoms with van der Waals surface area (Å²) in [6.07, 6.45) is 0. The fourth-order valence-electron chi connectivity index (χ4n) is 6.68. The molecule has 0 saturated carbocycles. The van der Waals surface area contributed by atoms with Gasteiger partial charge in [-0.05, 0) is 68.2 Å². The average molecular weight is 533 g/mol. The molecule has 0 saturated heterocycles. The van der Waals surface area contributed by atoms with E-state index in [4.69, 9.17) is 0 Å². The van der Waals surface area contributed by atoms with Crippen molar-refractivity contribution in [2.24, 2.45) is 0 Å². The third-order valence-corrected chi connectivity index (χ3v) is 8.51. The summed E-state index contributed by atoms with van der Waals surface area (Å²) in [5, 5.41) is 2.50. The molecule has 7 aromatic carbocycles. The molecular formula is C40H28BN. The van der Waals surface area contributed by atoms with Crippen LogP contribution in [0.15, 0.2) is 170 Å². The fourth-order valence-corrected chi connectivity index (χ4v) is 6.68. The van der Waals surface area contributed by atoms with Crippen molar-refractivity contribution in [2.45, 2.75) is 0 Å². The molecule has 8 rings (SSSR count).